The van der Waals surface area contributed by atoms with Gasteiger partial charge in [0.2, 0.25) is 0 Å². The van der Waals surface area contributed by atoms with Gasteiger partial charge in [0.1, 0.15) is 18.8 Å². The van der Waals surface area contributed by atoms with E-state index in [9.17, 15) is 34.5 Å². The second-order valence-electron chi connectivity index (χ2n) is 18.4. The summed E-state index contributed by atoms with van der Waals surface area (Å²) in [6.45, 7) is 5.50. The van der Waals surface area contributed by atoms with Crippen LogP contribution >= 0.6 is 0 Å². The zero-order valence-corrected chi connectivity index (χ0v) is 46.9. The van der Waals surface area contributed by atoms with E-state index in [1.165, 1.54) is 0 Å². The van der Waals surface area contributed by atoms with Crippen molar-refractivity contribution in [1.29, 1.82) is 0 Å². The van der Waals surface area contributed by atoms with E-state index in [-0.39, 0.29) is 25.9 Å². The highest BCUT2D eigenvalue weighted by molar-refractivity contribution is 5.74. The summed E-state index contributed by atoms with van der Waals surface area (Å²) in [7, 11) is 0. The number of aliphatic hydroxyl groups excluding tert-OH is 2. The lowest BCUT2D eigenvalue weighted by Crippen LogP contribution is -2.61. The predicted octanol–water partition coefficient (Wildman–Crippen LogP) is 14.6. The Morgan fingerprint density at radius 3 is 1.23 bits per heavy atom. The van der Waals surface area contributed by atoms with E-state index in [1.807, 2.05) is 30.4 Å². The summed E-state index contributed by atoms with van der Waals surface area (Å²) in [5, 5.41) is 31.4. The summed E-state index contributed by atoms with van der Waals surface area (Å²) >= 11 is 0. The molecule has 0 aromatic carbocycles. The molecule has 1 heterocycles. The molecule has 6 unspecified atom stereocenters. The van der Waals surface area contributed by atoms with E-state index < -0.39 is 67.3 Å². The number of unbranched alkanes of at least 4 members (excludes halogenated alkanes) is 5. The molecule has 1 rings (SSSR count). The third-order valence-corrected chi connectivity index (χ3v) is 11.6. The van der Waals surface area contributed by atoms with Crippen molar-refractivity contribution in [2.45, 2.75) is 212 Å². The van der Waals surface area contributed by atoms with Crippen LogP contribution in [0, 0.1) is 0 Å². The van der Waals surface area contributed by atoms with Gasteiger partial charge in [-0.05, 0) is 116 Å². The molecule has 0 saturated carbocycles. The average molecular weight is 1070 g/mol. The van der Waals surface area contributed by atoms with Crippen molar-refractivity contribution in [2.75, 3.05) is 13.2 Å². The zero-order valence-electron chi connectivity index (χ0n) is 46.9. The lowest BCUT2D eigenvalue weighted by molar-refractivity contribution is -0.301. The van der Waals surface area contributed by atoms with Crippen molar-refractivity contribution >= 4 is 23.9 Å². The number of carboxylic acid groups (broad SMARTS) is 1. The van der Waals surface area contributed by atoms with Gasteiger partial charge in [0.05, 0.1) is 6.61 Å². The molecule has 1 aliphatic heterocycles. The van der Waals surface area contributed by atoms with Gasteiger partial charge in [-0.2, -0.15) is 0 Å². The average Bonchev–Trinajstić information content (AvgIpc) is 3.42. The molecule has 428 valence electrons. The Balaban J connectivity index is 2.81. The van der Waals surface area contributed by atoms with Gasteiger partial charge in [0.25, 0.3) is 0 Å². The highest BCUT2D eigenvalue weighted by Crippen LogP contribution is 2.26. The minimum absolute atomic E-state index is 0.0719. The number of rotatable bonds is 45. The van der Waals surface area contributed by atoms with Crippen molar-refractivity contribution in [1.82, 2.24) is 0 Å². The molecule has 0 aromatic rings. The largest absolute Gasteiger partial charge is 0.479 e. The molecule has 0 bridgehead atoms. The van der Waals surface area contributed by atoms with E-state index in [0.29, 0.717) is 32.1 Å². The number of hydrogen-bond donors (Lipinski definition) is 3. The molecule has 1 aliphatic rings. The number of esters is 3. The van der Waals surface area contributed by atoms with Crippen LogP contribution in [0.1, 0.15) is 175 Å². The Morgan fingerprint density at radius 2 is 0.805 bits per heavy atom. The summed E-state index contributed by atoms with van der Waals surface area (Å²) in [5.41, 5.74) is 0. The van der Waals surface area contributed by atoms with E-state index in [0.717, 1.165) is 103 Å². The van der Waals surface area contributed by atoms with Gasteiger partial charge in [-0.1, -0.05) is 198 Å². The van der Waals surface area contributed by atoms with Crippen LogP contribution in [0.25, 0.3) is 0 Å². The Labute approximate surface area is 463 Å². The van der Waals surface area contributed by atoms with Gasteiger partial charge < -0.3 is 39.0 Å². The zero-order chi connectivity index (χ0) is 56.1. The van der Waals surface area contributed by atoms with E-state index in [1.54, 1.807) is 0 Å². The van der Waals surface area contributed by atoms with Crippen LogP contribution in [0.2, 0.25) is 0 Å². The molecular formula is C65H96O12. The van der Waals surface area contributed by atoms with Crippen LogP contribution in [0.5, 0.6) is 0 Å². The number of carbonyl (C=O) groups excluding carboxylic acids is 3. The van der Waals surface area contributed by atoms with E-state index in [2.05, 4.69) is 148 Å². The summed E-state index contributed by atoms with van der Waals surface area (Å²) in [4.78, 5) is 51.0. The normalized spacial score (nSPS) is 19.2. The third kappa shape index (κ3) is 41.2. The van der Waals surface area contributed by atoms with Crippen LogP contribution in [-0.2, 0) is 42.9 Å². The van der Waals surface area contributed by atoms with Gasteiger partial charge in [-0.3, -0.25) is 14.4 Å². The lowest BCUT2D eigenvalue weighted by Gasteiger charge is -2.40. The minimum atomic E-state index is -1.95. The number of carboxylic acids is 1. The molecule has 12 heteroatoms. The molecule has 12 nitrogen and oxygen atoms in total. The Bertz CT molecular complexity index is 1940. The van der Waals surface area contributed by atoms with Crippen molar-refractivity contribution < 1.29 is 58.2 Å². The second-order valence-corrected chi connectivity index (χ2v) is 18.4. The van der Waals surface area contributed by atoms with Gasteiger partial charge in [0.15, 0.2) is 24.6 Å². The monoisotopic (exact) mass is 1070 g/mol. The van der Waals surface area contributed by atoms with Crippen molar-refractivity contribution in [3.8, 4) is 0 Å². The fourth-order valence-electron chi connectivity index (χ4n) is 7.36. The number of ether oxygens (including phenoxy) is 5. The number of hydrogen-bond acceptors (Lipinski definition) is 11. The molecule has 77 heavy (non-hydrogen) atoms. The first kappa shape index (κ1) is 69.4. The van der Waals surface area contributed by atoms with Gasteiger partial charge in [-0.25, -0.2) is 4.79 Å². The molecular weight excluding hydrogens is 973 g/mol. The van der Waals surface area contributed by atoms with E-state index in [4.69, 9.17) is 23.7 Å². The van der Waals surface area contributed by atoms with Gasteiger partial charge >= 0.3 is 23.9 Å². The first-order chi connectivity index (χ1) is 37.6. The van der Waals surface area contributed by atoms with Crippen molar-refractivity contribution in [3.05, 3.63) is 158 Å². The van der Waals surface area contributed by atoms with Gasteiger partial charge in [-0.15, -0.1) is 0 Å². The quantitative estimate of drug-likeness (QED) is 0.0228. The fourth-order valence-corrected chi connectivity index (χ4v) is 7.36. The Hall–Kier alpha value is -5.66. The first-order valence-electron chi connectivity index (χ1n) is 28.5. The fraction of sp³-hybridized carbons (Fsp3) is 0.538. The molecule has 0 radical (unpaired) electrons. The maximum absolute atomic E-state index is 13.1. The molecule has 1 saturated heterocycles. The third-order valence-electron chi connectivity index (χ3n) is 11.6. The molecule has 0 aliphatic carbocycles. The lowest BCUT2D eigenvalue weighted by atomic mass is 9.98. The summed E-state index contributed by atoms with van der Waals surface area (Å²) < 4.78 is 28.2. The molecule has 0 amide bonds. The summed E-state index contributed by atoms with van der Waals surface area (Å²) in [6.07, 6.45) is 62.5. The van der Waals surface area contributed by atoms with Crippen LogP contribution in [0.3, 0.4) is 0 Å². The number of aliphatic hydroxyl groups is 2. The minimum Gasteiger partial charge on any atom is -0.479 e. The summed E-state index contributed by atoms with van der Waals surface area (Å²) in [6, 6.07) is 0. The maximum atomic E-state index is 13.1. The molecule has 1 fully saturated rings. The number of allylic oxidation sites excluding steroid dienone is 26. The second kappa shape index (κ2) is 51.1. The highest BCUT2D eigenvalue weighted by atomic mass is 16.7. The Kier molecular flexibility index (Phi) is 46.0. The molecule has 0 spiro atoms. The molecule has 6 atom stereocenters. The SMILES string of the molecule is CC/C=C\C/C=C\C/C=C\C/C=C\C/C=C\C/C=C\CCC(=O)OCC(COC1OC(C(=O)O)C(O)C(O)C1OC(=O)CC/C=C\C/C=C\C/C=C\C/C=C\CC)OC(=O)CCCCCCC/C=C\C/C=C\C/C=C\CC. The van der Waals surface area contributed by atoms with Crippen LogP contribution in [0.4, 0.5) is 0 Å². The van der Waals surface area contributed by atoms with Crippen LogP contribution < -0.4 is 0 Å². The Morgan fingerprint density at radius 1 is 0.429 bits per heavy atom. The van der Waals surface area contributed by atoms with Gasteiger partial charge in [0, 0.05) is 19.3 Å². The first-order valence-corrected chi connectivity index (χ1v) is 28.5. The highest BCUT2D eigenvalue weighted by Gasteiger charge is 2.50. The molecule has 0 aromatic heterocycles. The topological polar surface area (TPSA) is 175 Å². The smallest absolute Gasteiger partial charge is 0.335 e. The maximum Gasteiger partial charge on any atom is 0.335 e. The van der Waals surface area contributed by atoms with Crippen molar-refractivity contribution in [2.24, 2.45) is 0 Å². The van der Waals surface area contributed by atoms with Crippen molar-refractivity contribution in [3.63, 3.8) is 0 Å². The number of aliphatic carboxylic acids is 1. The van der Waals surface area contributed by atoms with Crippen LogP contribution in [-0.4, -0.2) is 89.2 Å². The van der Waals surface area contributed by atoms with E-state index >= 15 is 0 Å². The number of carbonyl (C=O) groups is 4. The van der Waals surface area contributed by atoms with Crippen LogP contribution in [0.15, 0.2) is 158 Å². The predicted molar refractivity (Wildman–Crippen MR) is 312 cm³/mol. The molecule has 3 N–H and O–H groups in total. The standard InChI is InChI=1S/C65H96O12/c1-4-7-10-13-16-19-22-25-27-28-29-30-32-34-36-39-42-45-48-51-57(66)73-54-56(75-58(67)52-49-46-43-40-38-35-31-26-23-20-17-14-11-8-5-2)55-74-65-63(61(70)60(69)62(77-65)64(71)72)76-59(68)53-50-47-44-41-37-33-24-21-18-15-12-9-6-3/h7-12,16-21,25-27,29-31,33-34,36-37,42,44-45,47,56,60-63,65,69-70H,4-6,13-15,22-24,28,32,35,38-41,43,46,48-55H2,1-3H3,(H,71,72)/b10-7-,11-8-,12-9-,19-16-,20-17-,21-18-,27-25-,30-29-,31-26-,36-34-,37-33-,45-42-,47-44-. The summed E-state index contributed by atoms with van der Waals surface area (Å²) in [5.74, 6) is -3.39.